The van der Waals surface area contributed by atoms with E-state index in [0.29, 0.717) is 5.03 Å². The van der Waals surface area contributed by atoms with Crippen LogP contribution in [0.5, 0.6) is 0 Å². The van der Waals surface area contributed by atoms with Crippen LogP contribution in [0.25, 0.3) is 0 Å². The summed E-state index contributed by atoms with van der Waals surface area (Å²) in [5.41, 5.74) is 2.70. The smallest absolute Gasteiger partial charge is 0.334 e. The summed E-state index contributed by atoms with van der Waals surface area (Å²) in [6.45, 7) is 3.91. The zero-order valence-corrected chi connectivity index (χ0v) is 14.6. The highest BCUT2D eigenvalue weighted by Crippen LogP contribution is 2.37. The number of nitro groups is 1. The Morgan fingerprint density at radius 1 is 1.08 bits per heavy atom. The molecule has 0 atom stereocenters. The molecule has 3 rings (SSSR count). The average molecular weight is 352 g/mol. The van der Waals surface area contributed by atoms with E-state index in [1.807, 2.05) is 62.4 Å². The molecule has 0 fully saturated rings. The lowest BCUT2D eigenvalue weighted by Crippen LogP contribution is -2.03. The molecule has 6 nitrogen and oxygen atoms in total. The Morgan fingerprint density at radius 2 is 1.84 bits per heavy atom. The summed E-state index contributed by atoms with van der Waals surface area (Å²) in [4.78, 5) is 20.3. The number of aryl methyl sites for hydroxylation is 2. The van der Waals surface area contributed by atoms with Gasteiger partial charge < -0.3 is 5.32 Å². The maximum atomic E-state index is 11.6. The molecule has 0 saturated carbocycles. The molecule has 0 aliphatic rings. The number of nitrogens with zero attached hydrogens (tertiary/aromatic N) is 3. The van der Waals surface area contributed by atoms with Crippen LogP contribution in [0.2, 0.25) is 0 Å². The van der Waals surface area contributed by atoms with Crippen molar-refractivity contribution in [1.82, 2.24) is 9.97 Å². The van der Waals surface area contributed by atoms with Gasteiger partial charge in [-0.1, -0.05) is 42.1 Å². The van der Waals surface area contributed by atoms with Gasteiger partial charge in [0.1, 0.15) is 6.33 Å². The van der Waals surface area contributed by atoms with E-state index in [0.717, 1.165) is 21.7 Å². The first-order chi connectivity index (χ1) is 12.0. The Balaban J connectivity index is 2.01. The molecule has 0 spiro atoms. The van der Waals surface area contributed by atoms with Crippen molar-refractivity contribution in [2.24, 2.45) is 0 Å². The van der Waals surface area contributed by atoms with E-state index in [1.54, 1.807) is 0 Å². The Bertz CT molecular complexity index is 916. The number of nitrogens with one attached hydrogen (secondary N) is 1. The largest absolute Gasteiger partial charge is 0.343 e. The zero-order chi connectivity index (χ0) is 17.8. The SMILES string of the molecule is Cc1ccc(C)c(Nc2ncnc(Sc3ccccc3)c2[N+](=O)[O-])c1. The fraction of sp³-hybridized carbons (Fsp3) is 0.111. The maximum absolute atomic E-state index is 11.6. The minimum Gasteiger partial charge on any atom is -0.334 e. The lowest BCUT2D eigenvalue weighted by atomic mass is 10.1. The Morgan fingerprint density at radius 3 is 2.56 bits per heavy atom. The van der Waals surface area contributed by atoms with Crippen molar-refractivity contribution in [3.8, 4) is 0 Å². The van der Waals surface area contributed by atoms with Crippen LogP contribution in [-0.2, 0) is 0 Å². The van der Waals surface area contributed by atoms with Gasteiger partial charge in [0.15, 0.2) is 5.03 Å². The Kier molecular flexibility index (Phi) is 4.95. The molecule has 0 radical (unpaired) electrons. The van der Waals surface area contributed by atoms with Crippen molar-refractivity contribution < 1.29 is 4.92 Å². The predicted octanol–water partition coefficient (Wildman–Crippen LogP) is 4.90. The molecule has 0 aliphatic heterocycles. The third-order valence-electron chi connectivity index (χ3n) is 3.58. The average Bonchev–Trinajstić information content (AvgIpc) is 2.59. The molecule has 1 heterocycles. The van der Waals surface area contributed by atoms with Gasteiger partial charge in [-0.15, -0.1) is 0 Å². The van der Waals surface area contributed by atoms with Crippen LogP contribution >= 0.6 is 11.8 Å². The maximum Gasteiger partial charge on any atom is 0.343 e. The van der Waals surface area contributed by atoms with Gasteiger partial charge in [-0.25, -0.2) is 9.97 Å². The van der Waals surface area contributed by atoms with E-state index in [9.17, 15) is 10.1 Å². The number of hydrogen-bond donors (Lipinski definition) is 1. The second-order valence-electron chi connectivity index (χ2n) is 5.49. The molecule has 0 aliphatic carbocycles. The molecule has 25 heavy (non-hydrogen) atoms. The second-order valence-corrected chi connectivity index (χ2v) is 6.55. The number of hydrogen-bond acceptors (Lipinski definition) is 6. The molecule has 0 bridgehead atoms. The fourth-order valence-corrected chi connectivity index (χ4v) is 3.18. The van der Waals surface area contributed by atoms with Gasteiger partial charge in [-0.3, -0.25) is 10.1 Å². The van der Waals surface area contributed by atoms with Crippen LogP contribution in [0.1, 0.15) is 11.1 Å². The molecule has 1 aromatic heterocycles. The molecule has 0 saturated heterocycles. The number of rotatable bonds is 5. The topological polar surface area (TPSA) is 81.0 Å². The summed E-state index contributed by atoms with van der Waals surface area (Å²) in [5, 5.41) is 15.0. The molecule has 1 N–H and O–H groups in total. The first-order valence-electron chi connectivity index (χ1n) is 7.61. The Hall–Kier alpha value is -2.93. The zero-order valence-electron chi connectivity index (χ0n) is 13.8. The number of anilines is 2. The van der Waals surface area contributed by atoms with Gasteiger partial charge in [0.2, 0.25) is 5.82 Å². The molecule has 0 unspecified atom stereocenters. The summed E-state index contributed by atoms with van der Waals surface area (Å²) < 4.78 is 0. The van der Waals surface area contributed by atoms with Gasteiger partial charge in [-0.2, -0.15) is 0 Å². The number of aromatic nitrogens is 2. The van der Waals surface area contributed by atoms with E-state index in [1.165, 1.54) is 18.1 Å². The predicted molar refractivity (Wildman–Crippen MR) is 98.5 cm³/mol. The minimum absolute atomic E-state index is 0.128. The molecule has 3 aromatic rings. The van der Waals surface area contributed by atoms with Crippen LogP contribution in [0.4, 0.5) is 17.2 Å². The lowest BCUT2D eigenvalue weighted by molar-refractivity contribution is -0.387. The van der Waals surface area contributed by atoms with Gasteiger partial charge in [-0.05, 0) is 43.2 Å². The van der Waals surface area contributed by atoms with Gasteiger partial charge >= 0.3 is 5.69 Å². The van der Waals surface area contributed by atoms with Crippen LogP contribution in [0.3, 0.4) is 0 Å². The van der Waals surface area contributed by atoms with Crippen molar-refractivity contribution in [2.75, 3.05) is 5.32 Å². The van der Waals surface area contributed by atoms with Crippen molar-refractivity contribution in [2.45, 2.75) is 23.8 Å². The highest BCUT2D eigenvalue weighted by atomic mass is 32.2. The van der Waals surface area contributed by atoms with Crippen molar-refractivity contribution >= 4 is 29.0 Å². The first-order valence-corrected chi connectivity index (χ1v) is 8.43. The third-order valence-corrected chi connectivity index (χ3v) is 4.58. The third kappa shape index (κ3) is 3.95. The standard InChI is InChI=1S/C18H16N4O2S/c1-12-8-9-13(2)15(10-12)21-17-16(22(23)24)18(20-11-19-17)25-14-6-4-3-5-7-14/h3-11H,1-2H3,(H,19,20,21). The monoisotopic (exact) mass is 352 g/mol. The molecular weight excluding hydrogens is 336 g/mol. The Labute approximate surface area is 149 Å². The van der Waals surface area contributed by atoms with E-state index in [-0.39, 0.29) is 11.5 Å². The summed E-state index contributed by atoms with van der Waals surface area (Å²) in [6, 6.07) is 15.3. The van der Waals surface area contributed by atoms with Gasteiger partial charge in [0, 0.05) is 10.6 Å². The lowest BCUT2D eigenvalue weighted by Gasteiger charge is -2.11. The van der Waals surface area contributed by atoms with Gasteiger partial charge in [0.05, 0.1) is 4.92 Å². The van der Waals surface area contributed by atoms with E-state index < -0.39 is 4.92 Å². The molecule has 0 amide bonds. The molecule has 7 heteroatoms. The summed E-state index contributed by atoms with van der Waals surface area (Å²) >= 11 is 1.24. The molecule has 126 valence electrons. The highest BCUT2D eigenvalue weighted by molar-refractivity contribution is 7.99. The molecule has 2 aromatic carbocycles. The minimum atomic E-state index is -0.446. The van der Waals surface area contributed by atoms with E-state index >= 15 is 0 Å². The fourth-order valence-electron chi connectivity index (χ4n) is 2.29. The quantitative estimate of drug-likeness (QED) is 0.400. The highest BCUT2D eigenvalue weighted by Gasteiger charge is 2.24. The summed E-state index contributed by atoms with van der Waals surface area (Å²) in [5.74, 6) is 0.187. The van der Waals surface area contributed by atoms with Crippen LogP contribution in [0, 0.1) is 24.0 Å². The summed E-state index contributed by atoms with van der Waals surface area (Å²) in [7, 11) is 0. The first kappa shape index (κ1) is 16.9. The molecular formula is C18H16N4O2S. The van der Waals surface area contributed by atoms with Crippen molar-refractivity contribution in [1.29, 1.82) is 0 Å². The van der Waals surface area contributed by atoms with Crippen LogP contribution in [0.15, 0.2) is 64.8 Å². The van der Waals surface area contributed by atoms with Crippen LogP contribution in [-0.4, -0.2) is 14.9 Å². The van der Waals surface area contributed by atoms with Gasteiger partial charge in [0.25, 0.3) is 0 Å². The van der Waals surface area contributed by atoms with Crippen LogP contribution < -0.4 is 5.32 Å². The van der Waals surface area contributed by atoms with E-state index in [4.69, 9.17) is 0 Å². The second kappa shape index (κ2) is 7.31. The summed E-state index contributed by atoms with van der Waals surface area (Å²) in [6.07, 6.45) is 1.34. The van der Waals surface area contributed by atoms with Crippen molar-refractivity contribution in [3.05, 3.63) is 76.1 Å². The van der Waals surface area contributed by atoms with Crippen molar-refractivity contribution in [3.63, 3.8) is 0 Å². The number of benzene rings is 2. The normalized spacial score (nSPS) is 10.5. The van der Waals surface area contributed by atoms with E-state index in [2.05, 4.69) is 15.3 Å².